The second kappa shape index (κ2) is 68.9. The van der Waals surface area contributed by atoms with E-state index in [2.05, 4.69) is 82.7 Å². The summed E-state index contributed by atoms with van der Waals surface area (Å²) >= 11 is 0. The summed E-state index contributed by atoms with van der Waals surface area (Å²) in [6.07, 6.45) is 31.7. The van der Waals surface area contributed by atoms with Gasteiger partial charge in [0, 0.05) is 44.0 Å². The minimum atomic E-state index is -1.29. The van der Waals surface area contributed by atoms with Crippen molar-refractivity contribution < 1.29 is 85.9 Å². The number of nitrogens with zero attached hydrogens (tertiary/aromatic N) is 3. The number of carboxylic acid groups (broad SMARTS) is 1. The van der Waals surface area contributed by atoms with Gasteiger partial charge in [-0.2, -0.15) is 4.98 Å². The lowest BCUT2D eigenvalue weighted by atomic mass is 9.91. The van der Waals surface area contributed by atoms with Crippen LogP contribution in [0.1, 0.15) is 225 Å². The molecule has 1 aromatic carbocycles. The zero-order chi connectivity index (χ0) is 79.4. The molecule has 8 N–H and O–H groups in total. The second-order valence-electron chi connectivity index (χ2n) is 29.0. The number of nitrogen functional groups attached to an aromatic ring is 1. The Labute approximate surface area is 657 Å². The molecule has 3 amide bonds. The number of rotatable bonds is 79. The molecule has 0 fully saturated rings. The van der Waals surface area contributed by atoms with Crippen molar-refractivity contribution >= 4 is 46.5 Å². The van der Waals surface area contributed by atoms with Crippen molar-refractivity contribution in [1.82, 2.24) is 35.9 Å². The molecule has 0 saturated heterocycles. The molecule has 2 heterocycles. The summed E-state index contributed by atoms with van der Waals surface area (Å²) in [6, 6.07) is 5.02. The van der Waals surface area contributed by atoms with Crippen LogP contribution in [0.3, 0.4) is 0 Å². The van der Waals surface area contributed by atoms with Gasteiger partial charge in [-0.3, -0.25) is 24.2 Å². The van der Waals surface area contributed by atoms with E-state index in [-0.39, 0.29) is 73.6 Å². The number of carbonyl (C=O) groups excluding carboxylic acids is 3. The van der Waals surface area contributed by atoms with Crippen LogP contribution in [0.5, 0.6) is 0 Å². The van der Waals surface area contributed by atoms with E-state index in [0.717, 1.165) is 37.0 Å². The fourth-order valence-electron chi connectivity index (χ4n) is 11.9. The molecule has 3 rings (SSSR count). The van der Waals surface area contributed by atoms with E-state index >= 15 is 0 Å². The van der Waals surface area contributed by atoms with Crippen LogP contribution >= 0.6 is 0 Å². The van der Waals surface area contributed by atoms with Gasteiger partial charge in [-0.15, -0.1) is 0 Å². The highest BCUT2D eigenvalue weighted by Gasteiger charge is 2.23. The van der Waals surface area contributed by atoms with Gasteiger partial charge in [-0.05, 0) is 67.2 Å². The van der Waals surface area contributed by atoms with Crippen molar-refractivity contribution in [1.29, 1.82) is 0 Å². The van der Waals surface area contributed by atoms with Crippen molar-refractivity contribution in [2.75, 3.05) is 189 Å². The van der Waals surface area contributed by atoms with Gasteiger partial charge in [0.15, 0.2) is 17.3 Å². The van der Waals surface area contributed by atoms with Gasteiger partial charge >= 0.3 is 5.97 Å². The lowest BCUT2D eigenvalue weighted by Gasteiger charge is -2.20. The van der Waals surface area contributed by atoms with Crippen molar-refractivity contribution in [3.05, 3.63) is 52.1 Å². The van der Waals surface area contributed by atoms with Crippen LogP contribution in [-0.4, -0.2) is 239 Å². The highest BCUT2D eigenvalue weighted by Crippen LogP contribution is 2.24. The van der Waals surface area contributed by atoms with Gasteiger partial charge in [-0.25, -0.2) is 14.8 Å². The largest absolute Gasteiger partial charge is 0.480 e. The lowest BCUT2D eigenvalue weighted by molar-refractivity contribution is -0.139. The van der Waals surface area contributed by atoms with Crippen LogP contribution in [-0.2, 0) is 82.5 Å². The first-order valence-corrected chi connectivity index (χ1v) is 41.6. The molecule has 3 aromatic rings. The molecule has 110 heavy (non-hydrogen) atoms. The zero-order valence-corrected chi connectivity index (χ0v) is 68.2. The van der Waals surface area contributed by atoms with Crippen LogP contribution < -0.4 is 32.6 Å². The Morgan fingerprint density at radius 3 is 1.34 bits per heavy atom. The number of aliphatic carboxylic acids is 1. The van der Waals surface area contributed by atoms with Crippen molar-refractivity contribution in [3.63, 3.8) is 0 Å². The summed E-state index contributed by atoms with van der Waals surface area (Å²) in [4.78, 5) is 77.4. The first kappa shape index (κ1) is 98.6. The zero-order valence-electron chi connectivity index (χ0n) is 68.2. The minimum absolute atomic E-state index is 0.0504. The molecule has 2 unspecified atom stereocenters. The highest BCUT2D eigenvalue weighted by molar-refractivity contribution is 5.97. The maximum Gasteiger partial charge on any atom is 0.326 e. The molecule has 0 saturated carbocycles. The van der Waals surface area contributed by atoms with Crippen LogP contribution in [0.25, 0.3) is 11.2 Å². The summed E-state index contributed by atoms with van der Waals surface area (Å²) < 4.78 is 73.7. The highest BCUT2D eigenvalue weighted by atomic mass is 16.6. The number of aromatic nitrogens is 4. The monoisotopic (exact) mass is 1560 g/mol. The number of fused-ring (bicyclic) bond motifs is 1. The summed E-state index contributed by atoms with van der Waals surface area (Å²) in [6.45, 7) is 25.4. The number of nitrogens with two attached hydrogens (primary N) is 1. The number of hydrogen-bond donors (Lipinski definition) is 7. The number of hydrogen-bond acceptors (Lipinski definition) is 23. The Bertz CT molecular complexity index is 2780. The van der Waals surface area contributed by atoms with Gasteiger partial charge in [0.1, 0.15) is 6.04 Å². The molecule has 632 valence electrons. The molecule has 5 atom stereocenters. The minimum Gasteiger partial charge on any atom is -0.480 e. The van der Waals surface area contributed by atoms with Gasteiger partial charge < -0.3 is 93.7 Å². The Balaban J connectivity index is 1.05. The predicted octanol–water partition coefficient (Wildman–Crippen LogP) is 11.6. The van der Waals surface area contributed by atoms with E-state index in [1.807, 2.05) is 0 Å². The van der Waals surface area contributed by atoms with Gasteiger partial charge in [0.25, 0.3) is 17.4 Å². The van der Waals surface area contributed by atoms with Gasteiger partial charge in [0.05, 0.1) is 170 Å². The fourth-order valence-corrected chi connectivity index (χ4v) is 11.9. The molecular formula is C82H145N9O19. The number of ether oxygens (including phenoxy) is 13. The molecule has 0 spiro atoms. The normalized spacial score (nSPS) is 13.0. The molecule has 28 nitrogen and oxygen atoms in total. The molecule has 0 aliphatic carbocycles. The molecule has 28 heteroatoms. The Kier molecular flexibility index (Phi) is 61.8. The standard InChI is InChI=1S/C82H145N9O19/c1-7-8-9-10-11-12-13-14-15-16-17-18-19-20-39-109-65-74(110-40-36-69(6)29-23-28-68(5)27-22-26-67(4)25-21-24-66(2)3)79(94)85-38-42-99-44-46-101-48-50-103-52-54-105-56-58-107-60-62-108-61-59-106-57-55-104-53-51-102-49-47-100-45-43-98-41-37-84-75(92)35-34-73(81(96)97)89-78(93)70-30-32-71(33-31-70)86-63-72-64-87-77-76(88-72)80(95)91-82(83)90-77/h30-33,64,66-69,73-74,86H,7-29,34-63,65H2,1-6H3,(H,84,92)(H,85,94)(H,89,93)(H,96,97)(H3,83,87,90,91,95)/t67-,68-,69?,73?,74+/m1/s1. The average molecular weight is 1560 g/mol. The number of H-pyrrole nitrogens is 1. The number of anilines is 2. The summed E-state index contributed by atoms with van der Waals surface area (Å²) in [5, 5.41) is 21.0. The predicted molar refractivity (Wildman–Crippen MR) is 429 cm³/mol. The lowest BCUT2D eigenvalue weighted by Crippen LogP contribution is -2.41. The number of carboxylic acids is 1. The molecular weight excluding hydrogens is 1410 g/mol. The molecule has 2 aromatic heterocycles. The third kappa shape index (κ3) is 55.8. The number of nitrogens with one attached hydrogen (secondary N) is 5. The number of benzene rings is 1. The Morgan fingerprint density at radius 2 is 0.891 bits per heavy atom. The number of carbonyl (C=O) groups is 4. The summed E-state index contributed by atoms with van der Waals surface area (Å²) in [7, 11) is 0. The third-order valence-corrected chi connectivity index (χ3v) is 18.6. The third-order valence-electron chi connectivity index (χ3n) is 18.6. The molecule has 0 aliphatic rings. The Hall–Kier alpha value is -5.60. The quantitative estimate of drug-likeness (QED) is 0.0258. The van der Waals surface area contributed by atoms with E-state index in [9.17, 15) is 29.1 Å². The van der Waals surface area contributed by atoms with E-state index < -0.39 is 29.6 Å². The van der Waals surface area contributed by atoms with Gasteiger partial charge in [-0.1, -0.05) is 183 Å². The van der Waals surface area contributed by atoms with E-state index in [1.165, 1.54) is 153 Å². The SMILES string of the molecule is CCCCCCCCCCCCCCCCOC[C@H](OCCC(C)CCC[C@H](C)CCC[C@H](C)CCCC(C)C)C(=O)NCCOCCOCCOCCOCCOCCOCCOCCOCCOCCOCCOCCNC(=O)CCC(NC(=O)c1ccc(NCc2cnc3nc(N)[nH]c(=O)c3n2)cc1)C(=O)O. The van der Waals surface area contributed by atoms with Crippen LogP contribution in [0.15, 0.2) is 35.3 Å². The molecule has 0 aliphatic heterocycles. The van der Waals surface area contributed by atoms with E-state index in [0.29, 0.717) is 176 Å². The first-order valence-electron chi connectivity index (χ1n) is 41.6. The summed E-state index contributed by atoms with van der Waals surface area (Å²) in [5.41, 5.74) is 6.55. The maximum atomic E-state index is 13.4. The fraction of sp³-hybridized carbons (Fsp3) is 0.805. The smallest absolute Gasteiger partial charge is 0.326 e. The van der Waals surface area contributed by atoms with Crippen LogP contribution in [0.4, 0.5) is 11.6 Å². The van der Waals surface area contributed by atoms with Gasteiger partial charge in [0.2, 0.25) is 11.9 Å². The van der Waals surface area contributed by atoms with Crippen molar-refractivity contribution in [2.45, 2.75) is 227 Å². The maximum absolute atomic E-state index is 13.4. The van der Waals surface area contributed by atoms with Crippen molar-refractivity contribution in [3.8, 4) is 0 Å². The number of aromatic amines is 1. The summed E-state index contributed by atoms with van der Waals surface area (Å²) in [5.74, 6) is 0.487. The second-order valence-corrected chi connectivity index (χ2v) is 29.0. The first-order chi connectivity index (χ1) is 53.6. The van der Waals surface area contributed by atoms with E-state index in [1.54, 1.807) is 12.1 Å². The van der Waals surface area contributed by atoms with E-state index in [4.69, 9.17) is 67.3 Å². The number of unbranched alkanes of at least 4 members (excludes halogenated alkanes) is 13. The Morgan fingerprint density at radius 1 is 0.473 bits per heavy atom. The van der Waals surface area contributed by atoms with Crippen molar-refractivity contribution in [2.24, 2.45) is 23.7 Å². The molecule has 0 radical (unpaired) electrons. The average Bonchev–Trinajstić information content (AvgIpc) is 0.811. The van der Waals surface area contributed by atoms with Crippen LogP contribution in [0, 0.1) is 23.7 Å². The number of amides is 3. The van der Waals surface area contributed by atoms with Crippen LogP contribution in [0.2, 0.25) is 0 Å². The molecule has 0 bridgehead atoms. The topological polar surface area (TPSA) is 354 Å².